The zero-order valence-corrected chi connectivity index (χ0v) is 11.5. The lowest BCUT2D eigenvalue weighted by molar-refractivity contribution is 0.0876. The van der Waals surface area contributed by atoms with Crippen LogP contribution in [0.5, 0.6) is 0 Å². The summed E-state index contributed by atoms with van der Waals surface area (Å²) in [6.07, 6.45) is 7.53. The van der Waals surface area contributed by atoms with E-state index >= 15 is 0 Å². The molecule has 0 saturated carbocycles. The van der Waals surface area contributed by atoms with E-state index in [1.54, 1.807) is 0 Å². The summed E-state index contributed by atoms with van der Waals surface area (Å²) < 4.78 is 5.48. The lowest BCUT2D eigenvalue weighted by Crippen LogP contribution is -2.29. The molecule has 1 heterocycles. The van der Waals surface area contributed by atoms with Crippen LogP contribution in [0.15, 0.2) is 24.3 Å². The van der Waals surface area contributed by atoms with E-state index in [1.807, 2.05) is 0 Å². The molecule has 0 amide bonds. The third-order valence-corrected chi connectivity index (χ3v) is 3.55. The van der Waals surface area contributed by atoms with Gasteiger partial charge in [0.05, 0.1) is 6.61 Å². The Hall–Kier alpha value is -1.02. The molecule has 1 aliphatic rings. The van der Waals surface area contributed by atoms with Gasteiger partial charge in [0.1, 0.15) is 0 Å². The SMILES string of the molecule is CCCCCc1ccc(NC2CCCOC2)cc1. The van der Waals surface area contributed by atoms with Gasteiger partial charge in [0, 0.05) is 18.3 Å². The molecule has 1 aromatic carbocycles. The highest BCUT2D eigenvalue weighted by atomic mass is 16.5. The van der Waals surface area contributed by atoms with E-state index in [9.17, 15) is 0 Å². The highest BCUT2D eigenvalue weighted by Crippen LogP contribution is 2.16. The molecule has 2 rings (SSSR count). The van der Waals surface area contributed by atoms with Crippen LogP contribution in [0.3, 0.4) is 0 Å². The first-order valence-corrected chi connectivity index (χ1v) is 7.31. The van der Waals surface area contributed by atoms with Gasteiger partial charge in [-0.15, -0.1) is 0 Å². The molecule has 100 valence electrons. The molecule has 18 heavy (non-hydrogen) atoms. The molecule has 0 aromatic heterocycles. The average molecular weight is 247 g/mol. The van der Waals surface area contributed by atoms with E-state index in [-0.39, 0.29) is 0 Å². The summed E-state index contributed by atoms with van der Waals surface area (Å²) in [6.45, 7) is 4.02. The zero-order valence-electron chi connectivity index (χ0n) is 11.5. The molecule has 1 unspecified atom stereocenters. The van der Waals surface area contributed by atoms with Gasteiger partial charge < -0.3 is 10.1 Å². The minimum absolute atomic E-state index is 0.490. The summed E-state index contributed by atoms with van der Waals surface area (Å²) in [6, 6.07) is 9.40. The summed E-state index contributed by atoms with van der Waals surface area (Å²) in [5.41, 5.74) is 2.68. The van der Waals surface area contributed by atoms with Crippen LogP contribution in [0, 0.1) is 0 Å². The van der Waals surface area contributed by atoms with Gasteiger partial charge >= 0.3 is 0 Å². The monoisotopic (exact) mass is 247 g/mol. The second kappa shape index (κ2) is 7.42. The van der Waals surface area contributed by atoms with Crippen LogP contribution >= 0.6 is 0 Å². The summed E-state index contributed by atoms with van der Waals surface area (Å²) in [5.74, 6) is 0. The van der Waals surface area contributed by atoms with E-state index in [0.29, 0.717) is 6.04 Å². The number of ether oxygens (including phenoxy) is 1. The van der Waals surface area contributed by atoms with Crippen LogP contribution in [0.2, 0.25) is 0 Å². The van der Waals surface area contributed by atoms with Crippen molar-refractivity contribution in [2.75, 3.05) is 18.5 Å². The molecule has 1 fully saturated rings. The van der Waals surface area contributed by atoms with Crippen LogP contribution in [0.25, 0.3) is 0 Å². The molecule has 0 radical (unpaired) electrons. The van der Waals surface area contributed by atoms with Crippen LogP contribution in [-0.2, 0) is 11.2 Å². The van der Waals surface area contributed by atoms with E-state index in [2.05, 4.69) is 36.5 Å². The Kier molecular flexibility index (Phi) is 5.53. The van der Waals surface area contributed by atoms with Gasteiger partial charge in [0.25, 0.3) is 0 Å². The first-order valence-electron chi connectivity index (χ1n) is 7.31. The summed E-state index contributed by atoms with van der Waals surface area (Å²) in [7, 11) is 0. The molecule has 0 bridgehead atoms. The lowest BCUT2D eigenvalue weighted by Gasteiger charge is -2.24. The van der Waals surface area contributed by atoms with E-state index < -0.39 is 0 Å². The van der Waals surface area contributed by atoms with Crippen molar-refractivity contribution in [3.8, 4) is 0 Å². The van der Waals surface area contributed by atoms with Crippen molar-refractivity contribution in [2.45, 2.75) is 51.5 Å². The van der Waals surface area contributed by atoms with Gasteiger partial charge in [-0.3, -0.25) is 0 Å². The van der Waals surface area contributed by atoms with Crippen molar-refractivity contribution < 1.29 is 4.74 Å². The normalized spacial score (nSPS) is 19.7. The number of hydrogen-bond acceptors (Lipinski definition) is 2. The smallest absolute Gasteiger partial charge is 0.0667 e. The molecular weight excluding hydrogens is 222 g/mol. The molecule has 2 heteroatoms. The average Bonchev–Trinajstić information content (AvgIpc) is 2.42. The molecule has 1 aromatic rings. The van der Waals surface area contributed by atoms with Crippen molar-refractivity contribution in [1.29, 1.82) is 0 Å². The minimum atomic E-state index is 0.490. The highest BCUT2D eigenvalue weighted by molar-refractivity contribution is 5.45. The van der Waals surface area contributed by atoms with Gasteiger partial charge in [-0.05, 0) is 43.4 Å². The van der Waals surface area contributed by atoms with E-state index in [4.69, 9.17) is 4.74 Å². The molecule has 1 N–H and O–H groups in total. The fraction of sp³-hybridized carbons (Fsp3) is 0.625. The van der Waals surface area contributed by atoms with Crippen molar-refractivity contribution >= 4 is 5.69 Å². The fourth-order valence-electron chi connectivity index (χ4n) is 2.44. The standard InChI is InChI=1S/C16H25NO/c1-2-3-4-6-14-8-10-15(11-9-14)17-16-7-5-12-18-13-16/h8-11,16-17H,2-7,12-13H2,1H3. The van der Waals surface area contributed by atoms with Gasteiger partial charge in [-0.25, -0.2) is 0 Å². The molecule has 2 nitrogen and oxygen atoms in total. The Balaban J connectivity index is 1.79. The van der Waals surface area contributed by atoms with Crippen LogP contribution in [0.1, 0.15) is 44.6 Å². The third kappa shape index (κ3) is 4.34. The summed E-state index contributed by atoms with van der Waals surface area (Å²) in [4.78, 5) is 0. The van der Waals surface area contributed by atoms with E-state index in [1.165, 1.54) is 49.8 Å². The number of nitrogens with one attached hydrogen (secondary N) is 1. The minimum Gasteiger partial charge on any atom is -0.380 e. The Bertz CT molecular complexity index is 327. The maximum atomic E-state index is 5.48. The number of hydrogen-bond donors (Lipinski definition) is 1. The van der Waals surface area contributed by atoms with Gasteiger partial charge in [-0.1, -0.05) is 31.9 Å². The largest absolute Gasteiger partial charge is 0.380 e. The molecule has 0 aliphatic carbocycles. The number of rotatable bonds is 6. The molecule has 1 aliphatic heterocycles. The summed E-state index contributed by atoms with van der Waals surface area (Å²) in [5, 5.41) is 3.55. The van der Waals surface area contributed by atoms with Crippen molar-refractivity contribution in [2.24, 2.45) is 0 Å². The quantitative estimate of drug-likeness (QED) is 0.767. The van der Waals surface area contributed by atoms with Gasteiger partial charge in [-0.2, -0.15) is 0 Å². The first-order chi connectivity index (χ1) is 8.88. The molecule has 1 atom stereocenters. The van der Waals surface area contributed by atoms with Crippen LogP contribution in [0.4, 0.5) is 5.69 Å². The van der Waals surface area contributed by atoms with Gasteiger partial charge in [0.2, 0.25) is 0 Å². The second-order valence-corrected chi connectivity index (χ2v) is 5.21. The first kappa shape index (κ1) is 13.4. The molecule has 0 spiro atoms. The number of unbranched alkanes of at least 4 members (excludes halogenated alkanes) is 2. The van der Waals surface area contributed by atoms with Crippen molar-refractivity contribution in [3.05, 3.63) is 29.8 Å². The maximum Gasteiger partial charge on any atom is 0.0667 e. The number of aryl methyl sites for hydroxylation is 1. The highest BCUT2D eigenvalue weighted by Gasteiger charge is 2.12. The maximum absolute atomic E-state index is 5.48. The Morgan fingerprint density at radius 3 is 2.72 bits per heavy atom. The van der Waals surface area contributed by atoms with Crippen LogP contribution < -0.4 is 5.32 Å². The zero-order chi connectivity index (χ0) is 12.6. The number of anilines is 1. The fourth-order valence-corrected chi connectivity index (χ4v) is 2.44. The Labute approximate surface area is 111 Å². The van der Waals surface area contributed by atoms with Crippen molar-refractivity contribution in [1.82, 2.24) is 0 Å². The van der Waals surface area contributed by atoms with E-state index in [0.717, 1.165) is 13.2 Å². The number of benzene rings is 1. The van der Waals surface area contributed by atoms with Gasteiger partial charge in [0.15, 0.2) is 0 Å². The molecule has 1 saturated heterocycles. The third-order valence-electron chi connectivity index (χ3n) is 3.55. The second-order valence-electron chi connectivity index (χ2n) is 5.21. The van der Waals surface area contributed by atoms with Crippen LogP contribution in [-0.4, -0.2) is 19.3 Å². The topological polar surface area (TPSA) is 21.3 Å². The lowest BCUT2D eigenvalue weighted by atomic mass is 10.1. The Morgan fingerprint density at radius 2 is 2.06 bits per heavy atom. The van der Waals surface area contributed by atoms with Crippen molar-refractivity contribution in [3.63, 3.8) is 0 Å². The predicted octanol–water partition coefficient (Wildman–Crippen LogP) is 4.01. The molecular formula is C16H25NO. The predicted molar refractivity (Wildman–Crippen MR) is 77.1 cm³/mol. The Morgan fingerprint density at radius 1 is 1.22 bits per heavy atom. The summed E-state index contributed by atoms with van der Waals surface area (Å²) >= 11 is 0.